The third-order valence-corrected chi connectivity index (χ3v) is 5.98. The van der Waals surface area contributed by atoms with Crippen molar-refractivity contribution in [1.29, 1.82) is 0 Å². The Bertz CT molecular complexity index is 1080. The van der Waals surface area contributed by atoms with Gasteiger partial charge in [-0.3, -0.25) is 19.7 Å². The van der Waals surface area contributed by atoms with Crippen LogP contribution in [-0.2, 0) is 17.8 Å². The van der Waals surface area contributed by atoms with Crippen molar-refractivity contribution in [1.82, 2.24) is 15.2 Å². The number of benzene rings is 2. The number of aromatic nitrogens is 1. The van der Waals surface area contributed by atoms with E-state index in [9.17, 15) is 14.4 Å². The van der Waals surface area contributed by atoms with Crippen LogP contribution in [0.1, 0.15) is 21.6 Å². The van der Waals surface area contributed by atoms with Gasteiger partial charge in [0.15, 0.2) is 0 Å². The summed E-state index contributed by atoms with van der Waals surface area (Å²) in [5.74, 6) is -0.276. The zero-order valence-electron chi connectivity index (χ0n) is 16.4. The highest BCUT2D eigenvalue weighted by Gasteiger charge is 2.31. The molecule has 0 radical (unpaired) electrons. The number of nitrogens with zero attached hydrogens (tertiary/aromatic N) is 1. The highest BCUT2D eigenvalue weighted by atomic mass is 32.2. The van der Waals surface area contributed by atoms with E-state index in [0.717, 1.165) is 34.0 Å². The molecule has 1 aliphatic heterocycles. The molecule has 1 aliphatic rings. The lowest BCUT2D eigenvalue weighted by molar-refractivity contribution is -0.118. The maximum atomic E-state index is 12.4. The van der Waals surface area contributed by atoms with E-state index in [-0.39, 0.29) is 22.3 Å². The molecule has 2 heterocycles. The van der Waals surface area contributed by atoms with Crippen LogP contribution in [0.2, 0.25) is 0 Å². The van der Waals surface area contributed by atoms with E-state index >= 15 is 0 Å². The number of rotatable bonds is 6. The summed E-state index contributed by atoms with van der Waals surface area (Å²) in [6, 6.07) is 19.7. The second-order valence-corrected chi connectivity index (χ2v) is 8.41. The summed E-state index contributed by atoms with van der Waals surface area (Å²) in [5.41, 5.74) is 4.73. The summed E-state index contributed by atoms with van der Waals surface area (Å²) in [7, 11) is 1.78. The van der Waals surface area contributed by atoms with Crippen LogP contribution in [0.25, 0.3) is 11.1 Å². The van der Waals surface area contributed by atoms with Crippen LogP contribution in [0.3, 0.4) is 0 Å². The molecule has 0 spiro atoms. The fourth-order valence-electron chi connectivity index (χ4n) is 3.44. The van der Waals surface area contributed by atoms with Gasteiger partial charge in [-0.1, -0.05) is 54.2 Å². The second-order valence-electron chi connectivity index (χ2n) is 7.23. The van der Waals surface area contributed by atoms with Crippen molar-refractivity contribution >= 4 is 28.8 Å². The Kier molecular flexibility index (Phi) is 5.72. The summed E-state index contributed by atoms with van der Waals surface area (Å²) in [4.78, 5) is 40.1. The van der Waals surface area contributed by atoms with Crippen LogP contribution < -0.4 is 5.32 Å². The number of thioether (sulfide) groups is 1. The minimum Gasteiger partial charge on any atom is -0.357 e. The van der Waals surface area contributed by atoms with E-state index < -0.39 is 0 Å². The Hall–Kier alpha value is -3.32. The molecular formula is C23H21N3O3S. The largest absolute Gasteiger partial charge is 0.357 e. The second kappa shape index (κ2) is 8.59. The Morgan fingerprint density at radius 2 is 1.80 bits per heavy atom. The minimum atomic E-state index is -0.362. The highest BCUT2D eigenvalue weighted by molar-refractivity contribution is 8.15. The topological polar surface area (TPSA) is 82.3 Å². The molecule has 2 N–H and O–H groups in total. The number of carbonyl (C=O) groups is 3. The number of imide groups is 1. The van der Waals surface area contributed by atoms with Crippen molar-refractivity contribution in [2.24, 2.45) is 0 Å². The first-order valence-corrected chi connectivity index (χ1v) is 10.5. The van der Waals surface area contributed by atoms with E-state index in [2.05, 4.69) is 16.4 Å². The molecule has 1 atom stereocenters. The fraction of sp³-hybridized carbons (Fsp3) is 0.174. The fourth-order valence-corrected chi connectivity index (χ4v) is 4.30. The van der Waals surface area contributed by atoms with Gasteiger partial charge in [-0.2, -0.15) is 0 Å². The summed E-state index contributed by atoms with van der Waals surface area (Å²) in [6.07, 6.45) is 2.26. The average Bonchev–Trinajstić information content (AvgIpc) is 3.38. The Balaban J connectivity index is 1.44. The van der Waals surface area contributed by atoms with Crippen molar-refractivity contribution in [3.05, 3.63) is 83.7 Å². The van der Waals surface area contributed by atoms with Crippen LogP contribution in [0, 0.1) is 0 Å². The van der Waals surface area contributed by atoms with Gasteiger partial charge in [-0.05, 0) is 46.9 Å². The van der Waals surface area contributed by atoms with Gasteiger partial charge in [-0.15, -0.1) is 0 Å². The molecule has 1 unspecified atom stereocenters. The smallest absolute Gasteiger partial charge is 0.286 e. The first-order valence-electron chi connectivity index (χ1n) is 9.58. The number of carbonyl (C=O) groups excluding carboxylic acids is 3. The number of H-pyrrole nitrogens is 1. The number of hydrogen-bond donors (Lipinski definition) is 2. The molecule has 0 saturated carbocycles. The molecule has 4 rings (SSSR count). The lowest BCUT2D eigenvalue weighted by Gasteiger charge is -2.17. The van der Waals surface area contributed by atoms with Gasteiger partial charge in [0.05, 0.1) is 5.25 Å². The van der Waals surface area contributed by atoms with E-state index in [0.29, 0.717) is 18.7 Å². The Labute approximate surface area is 178 Å². The first-order chi connectivity index (χ1) is 14.5. The summed E-state index contributed by atoms with van der Waals surface area (Å²) < 4.78 is 0. The molecule has 152 valence electrons. The van der Waals surface area contributed by atoms with Crippen molar-refractivity contribution in [2.75, 3.05) is 7.05 Å². The summed E-state index contributed by atoms with van der Waals surface area (Å²) in [6.45, 7) is 0.506. The average molecular weight is 420 g/mol. The lowest BCUT2D eigenvalue weighted by Crippen LogP contribution is -2.26. The number of aromatic amines is 1. The Morgan fingerprint density at radius 1 is 1.00 bits per heavy atom. The van der Waals surface area contributed by atoms with Crippen LogP contribution in [0.15, 0.2) is 66.9 Å². The molecule has 1 saturated heterocycles. The van der Waals surface area contributed by atoms with Gasteiger partial charge in [0.2, 0.25) is 5.91 Å². The van der Waals surface area contributed by atoms with Gasteiger partial charge in [0.1, 0.15) is 5.69 Å². The van der Waals surface area contributed by atoms with E-state index in [1.54, 1.807) is 30.3 Å². The minimum absolute atomic E-state index is 0.0537. The number of amides is 3. The molecule has 0 bridgehead atoms. The molecular weight excluding hydrogens is 398 g/mol. The molecule has 1 fully saturated rings. The van der Waals surface area contributed by atoms with Crippen molar-refractivity contribution in [2.45, 2.75) is 18.2 Å². The third kappa shape index (κ3) is 4.46. The predicted molar refractivity (Wildman–Crippen MR) is 117 cm³/mol. The van der Waals surface area contributed by atoms with Crippen LogP contribution in [0.4, 0.5) is 4.79 Å². The highest BCUT2D eigenvalue weighted by Crippen LogP contribution is 2.25. The van der Waals surface area contributed by atoms with Crippen LogP contribution in [-0.4, -0.2) is 39.2 Å². The maximum absolute atomic E-state index is 12.4. The van der Waals surface area contributed by atoms with Crippen LogP contribution in [0.5, 0.6) is 0 Å². The molecule has 2 aromatic carbocycles. The van der Waals surface area contributed by atoms with Gasteiger partial charge in [0, 0.05) is 19.8 Å². The van der Waals surface area contributed by atoms with E-state index in [4.69, 9.17) is 0 Å². The maximum Gasteiger partial charge on any atom is 0.286 e. The van der Waals surface area contributed by atoms with Gasteiger partial charge in [0.25, 0.3) is 11.1 Å². The van der Waals surface area contributed by atoms with E-state index in [1.165, 1.54) is 0 Å². The molecule has 1 aromatic heterocycles. The summed E-state index contributed by atoms with van der Waals surface area (Å²) in [5, 5.41) is 1.68. The third-order valence-electron chi connectivity index (χ3n) is 5.00. The standard InChI is InChI=1S/C23H21N3O3S/c1-26(22(28)19-6-3-11-24-19)14-16-4-2-5-18(12-16)17-9-7-15(8-10-17)13-20-21(27)25-23(29)30-20/h2-12,20,24H,13-14H2,1H3,(H,25,27,29). The van der Waals surface area contributed by atoms with Crippen molar-refractivity contribution < 1.29 is 14.4 Å². The normalized spacial score (nSPS) is 15.8. The first kappa shape index (κ1) is 20.0. The quantitative estimate of drug-likeness (QED) is 0.636. The molecule has 3 amide bonds. The van der Waals surface area contributed by atoms with E-state index in [1.807, 2.05) is 42.5 Å². The summed E-state index contributed by atoms with van der Waals surface area (Å²) >= 11 is 1.04. The monoisotopic (exact) mass is 419 g/mol. The number of nitrogens with one attached hydrogen (secondary N) is 2. The zero-order chi connectivity index (χ0) is 21.1. The SMILES string of the molecule is CN(Cc1cccc(-c2ccc(CC3SC(=O)NC3=O)cc2)c1)C(=O)c1ccc[nH]1. The van der Waals surface area contributed by atoms with Crippen molar-refractivity contribution in [3.63, 3.8) is 0 Å². The molecule has 6 nitrogen and oxygen atoms in total. The molecule has 7 heteroatoms. The van der Waals surface area contributed by atoms with Crippen molar-refractivity contribution in [3.8, 4) is 11.1 Å². The van der Waals surface area contributed by atoms with Gasteiger partial charge in [-0.25, -0.2) is 0 Å². The lowest BCUT2D eigenvalue weighted by atomic mass is 10.00. The zero-order valence-corrected chi connectivity index (χ0v) is 17.2. The molecule has 30 heavy (non-hydrogen) atoms. The Morgan fingerprint density at radius 3 is 2.47 bits per heavy atom. The predicted octanol–water partition coefficient (Wildman–Crippen LogP) is 3.85. The molecule has 3 aromatic rings. The van der Waals surface area contributed by atoms with Gasteiger partial charge >= 0.3 is 0 Å². The van der Waals surface area contributed by atoms with Gasteiger partial charge < -0.3 is 9.88 Å². The molecule has 0 aliphatic carbocycles. The number of hydrogen-bond acceptors (Lipinski definition) is 4. The van der Waals surface area contributed by atoms with Crippen LogP contribution >= 0.6 is 11.8 Å².